The van der Waals surface area contributed by atoms with Crippen molar-refractivity contribution >= 4 is 5.97 Å². The van der Waals surface area contributed by atoms with Gasteiger partial charge in [0.1, 0.15) is 0 Å². The Morgan fingerprint density at radius 3 is 2.59 bits per heavy atom. The number of benzene rings is 1. The fourth-order valence-electron chi connectivity index (χ4n) is 3.68. The molecule has 5 nitrogen and oxygen atoms in total. The molecule has 2 atom stereocenters. The lowest BCUT2D eigenvalue weighted by Crippen LogP contribution is -2.38. The molecular weight excluding hydrogens is 366 g/mol. The standard InChI is InChI=1S/C24H37NO4/c1-4-5-6-7-8-12-15-25-22-16-21(29-19(2)23(22)24(26)27-3)18-28-17-20-13-10-9-11-14-20/h9-11,13-14,19,21,25H,4-8,12,15-18H2,1-3H3/t19-,21-/m0/s1. The second-order valence-corrected chi connectivity index (χ2v) is 7.68. The van der Waals surface area contributed by atoms with Crippen LogP contribution in [0.1, 0.15) is 64.4 Å². The van der Waals surface area contributed by atoms with Gasteiger partial charge in [-0.1, -0.05) is 69.4 Å². The molecule has 0 bridgehead atoms. The molecule has 2 rings (SSSR count). The predicted molar refractivity (Wildman–Crippen MR) is 115 cm³/mol. The van der Waals surface area contributed by atoms with E-state index in [0.29, 0.717) is 25.2 Å². The van der Waals surface area contributed by atoms with Gasteiger partial charge in [-0.2, -0.15) is 0 Å². The summed E-state index contributed by atoms with van der Waals surface area (Å²) in [6.07, 6.45) is 7.72. The van der Waals surface area contributed by atoms with E-state index in [9.17, 15) is 4.79 Å². The van der Waals surface area contributed by atoms with Crippen molar-refractivity contribution in [3.63, 3.8) is 0 Å². The SMILES string of the molecule is CCCCCCCCNC1=C(C(=O)OC)[C@H](C)O[C@H](COCc2ccccc2)C1. The minimum Gasteiger partial charge on any atom is -0.466 e. The van der Waals surface area contributed by atoms with Crippen LogP contribution in [0, 0.1) is 0 Å². The molecule has 0 amide bonds. The molecule has 1 aromatic rings. The van der Waals surface area contributed by atoms with E-state index in [-0.39, 0.29) is 18.2 Å². The number of unbranched alkanes of at least 4 members (excludes halogenated alkanes) is 5. The van der Waals surface area contributed by atoms with E-state index in [2.05, 4.69) is 12.2 Å². The highest BCUT2D eigenvalue weighted by Crippen LogP contribution is 2.26. The normalized spacial score (nSPS) is 19.3. The monoisotopic (exact) mass is 403 g/mol. The Balaban J connectivity index is 1.86. The zero-order valence-electron chi connectivity index (χ0n) is 18.2. The minimum atomic E-state index is -0.313. The average molecular weight is 404 g/mol. The molecule has 1 heterocycles. The Hall–Kier alpha value is -1.85. The summed E-state index contributed by atoms with van der Waals surface area (Å²) in [6.45, 7) is 6.06. The predicted octanol–water partition coefficient (Wildman–Crippen LogP) is 4.76. The molecule has 1 aromatic carbocycles. The van der Waals surface area contributed by atoms with E-state index in [1.165, 1.54) is 39.2 Å². The van der Waals surface area contributed by atoms with E-state index in [1.807, 2.05) is 37.3 Å². The van der Waals surface area contributed by atoms with Crippen molar-refractivity contribution < 1.29 is 19.0 Å². The fourth-order valence-corrected chi connectivity index (χ4v) is 3.68. The van der Waals surface area contributed by atoms with Crippen LogP contribution in [0.5, 0.6) is 0 Å². The van der Waals surface area contributed by atoms with Gasteiger partial charge in [0.05, 0.1) is 38.1 Å². The van der Waals surface area contributed by atoms with Crippen molar-refractivity contribution in [2.45, 2.75) is 77.6 Å². The number of nitrogens with one attached hydrogen (secondary N) is 1. The molecule has 1 aliphatic heterocycles. The van der Waals surface area contributed by atoms with Crippen molar-refractivity contribution in [1.82, 2.24) is 5.32 Å². The number of methoxy groups -OCH3 is 1. The van der Waals surface area contributed by atoms with Crippen molar-refractivity contribution in [2.75, 3.05) is 20.3 Å². The third-order valence-electron chi connectivity index (χ3n) is 5.25. The molecule has 1 N–H and O–H groups in total. The van der Waals surface area contributed by atoms with Crippen molar-refractivity contribution in [3.05, 3.63) is 47.2 Å². The lowest BCUT2D eigenvalue weighted by Gasteiger charge is -2.32. The summed E-state index contributed by atoms with van der Waals surface area (Å²) >= 11 is 0. The Morgan fingerprint density at radius 2 is 1.86 bits per heavy atom. The van der Waals surface area contributed by atoms with Gasteiger partial charge in [-0.3, -0.25) is 0 Å². The maximum Gasteiger partial charge on any atom is 0.338 e. The summed E-state index contributed by atoms with van der Waals surface area (Å²) in [5, 5.41) is 3.49. The van der Waals surface area contributed by atoms with Crippen molar-refractivity contribution in [3.8, 4) is 0 Å². The summed E-state index contributed by atoms with van der Waals surface area (Å²) in [5.74, 6) is -0.313. The number of carbonyl (C=O) groups is 1. The zero-order valence-corrected chi connectivity index (χ0v) is 18.2. The van der Waals surface area contributed by atoms with Crippen LogP contribution in [0.4, 0.5) is 0 Å². The van der Waals surface area contributed by atoms with Crippen LogP contribution in [-0.2, 0) is 25.6 Å². The van der Waals surface area contributed by atoms with E-state index >= 15 is 0 Å². The van der Waals surface area contributed by atoms with Gasteiger partial charge in [0.15, 0.2) is 0 Å². The van der Waals surface area contributed by atoms with Gasteiger partial charge in [0.2, 0.25) is 0 Å². The second kappa shape index (κ2) is 13.4. The zero-order chi connectivity index (χ0) is 20.9. The highest BCUT2D eigenvalue weighted by atomic mass is 16.5. The first-order valence-corrected chi connectivity index (χ1v) is 11.0. The summed E-state index contributed by atoms with van der Waals surface area (Å²) in [7, 11) is 1.42. The molecule has 0 unspecified atom stereocenters. The van der Waals surface area contributed by atoms with Gasteiger partial charge in [0.25, 0.3) is 0 Å². The van der Waals surface area contributed by atoms with Gasteiger partial charge in [-0.25, -0.2) is 4.79 Å². The third kappa shape index (κ3) is 8.19. The summed E-state index contributed by atoms with van der Waals surface area (Å²) < 4.78 is 16.9. The second-order valence-electron chi connectivity index (χ2n) is 7.68. The number of carbonyl (C=O) groups excluding carboxylic acids is 1. The van der Waals surface area contributed by atoms with E-state index < -0.39 is 0 Å². The van der Waals surface area contributed by atoms with Gasteiger partial charge < -0.3 is 19.5 Å². The van der Waals surface area contributed by atoms with Gasteiger partial charge in [0, 0.05) is 18.7 Å². The van der Waals surface area contributed by atoms with Crippen LogP contribution in [0.3, 0.4) is 0 Å². The number of ether oxygens (including phenoxy) is 3. The lowest BCUT2D eigenvalue weighted by molar-refractivity contribution is -0.139. The van der Waals surface area contributed by atoms with Gasteiger partial charge >= 0.3 is 5.97 Å². The maximum atomic E-state index is 12.3. The Labute approximate surface area is 175 Å². The fraction of sp³-hybridized carbons (Fsp3) is 0.625. The van der Waals surface area contributed by atoms with Gasteiger partial charge in [-0.05, 0) is 18.9 Å². The molecule has 0 aromatic heterocycles. The summed E-state index contributed by atoms with van der Waals surface area (Å²) in [5.41, 5.74) is 2.69. The van der Waals surface area contributed by atoms with E-state index in [1.54, 1.807) is 0 Å². The van der Waals surface area contributed by atoms with Crippen molar-refractivity contribution in [2.24, 2.45) is 0 Å². The van der Waals surface area contributed by atoms with Crippen LogP contribution < -0.4 is 5.32 Å². The quantitative estimate of drug-likeness (QED) is 0.380. The largest absolute Gasteiger partial charge is 0.466 e. The molecule has 0 aliphatic carbocycles. The molecule has 1 aliphatic rings. The van der Waals surface area contributed by atoms with Crippen LogP contribution in [0.2, 0.25) is 0 Å². The highest BCUT2D eigenvalue weighted by Gasteiger charge is 2.32. The first-order chi connectivity index (χ1) is 14.2. The Kier molecular flexibility index (Phi) is 10.8. The smallest absolute Gasteiger partial charge is 0.338 e. The molecule has 0 fully saturated rings. The maximum absolute atomic E-state index is 12.3. The topological polar surface area (TPSA) is 56.8 Å². The Morgan fingerprint density at radius 1 is 1.14 bits per heavy atom. The third-order valence-corrected chi connectivity index (χ3v) is 5.25. The van der Waals surface area contributed by atoms with Crippen LogP contribution in [-0.4, -0.2) is 38.4 Å². The van der Waals surface area contributed by atoms with Gasteiger partial charge in [-0.15, -0.1) is 0 Å². The molecular formula is C24H37NO4. The first-order valence-electron chi connectivity index (χ1n) is 11.0. The first kappa shape index (κ1) is 23.4. The number of hydrogen-bond acceptors (Lipinski definition) is 5. The van der Waals surface area contributed by atoms with E-state index in [4.69, 9.17) is 14.2 Å². The minimum absolute atomic E-state index is 0.0748. The lowest BCUT2D eigenvalue weighted by atomic mass is 9.99. The molecule has 29 heavy (non-hydrogen) atoms. The number of rotatable bonds is 13. The summed E-state index contributed by atoms with van der Waals surface area (Å²) in [4.78, 5) is 12.3. The van der Waals surface area contributed by atoms with Crippen LogP contribution in [0.25, 0.3) is 0 Å². The number of esters is 1. The molecule has 0 saturated carbocycles. The van der Waals surface area contributed by atoms with Crippen LogP contribution in [0.15, 0.2) is 41.6 Å². The molecule has 0 spiro atoms. The highest BCUT2D eigenvalue weighted by molar-refractivity contribution is 5.90. The van der Waals surface area contributed by atoms with E-state index in [0.717, 1.165) is 24.2 Å². The molecule has 162 valence electrons. The average Bonchev–Trinajstić information content (AvgIpc) is 2.73. The summed E-state index contributed by atoms with van der Waals surface area (Å²) in [6, 6.07) is 10.1. The van der Waals surface area contributed by atoms with Crippen molar-refractivity contribution in [1.29, 1.82) is 0 Å². The Bertz CT molecular complexity index is 629. The molecule has 5 heteroatoms. The van der Waals surface area contributed by atoms with Crippen LogP contribution >= 0.6 is 0 Å². The molecule has 0 radical (unpaired) electrons. The molecule has 0 saturated heterocycles. The number of hydrogen-bond donors (Lipinski definition) is 1.